The predicted molar refractivity (Wildman–Crippen MR) is 94.5 cm³/mol. The average molecular weight is 363 g/mol. The van der Waals surface area contributed by atoms with Crippen LogP contribution in [0.2, 0.25) is 0 Å². The Morgan fingerprint density at radius 2 is 1.70 bits per heavy atom. The molecule has 0 radical (unpaired) electrons. The van der Waals surface area contributed by atoms with Crippen LogP contribution in [0.5, 0.6) is 0 Å². The largest absolute Gasteiger partial charge is 0.466 e. The van der Waals surface area contributed by atoms with Crippen LogP contribution in [0.4, 0.5) is 5.69 Å². The number of rotatable bonds is 4. The van der Waals surface area contributed by atoms with Crippen LogP contribution in [-0.2, 0) is 20.9 Å². The van der Waals surface area contributed by atoms with Crippen LogP contribution in [0.15, 0.2) is 59.2 Å². The lowest BCUT2D eigenvalue weighted by Gasteiger charge is -2.17. The zero-order valence-electron chi connectivity index (χ0n) is 14.4. The molecule has 2 amide bonds. The fraction of sp³-hybridized carbons (Fsp3) is 0.286. The molecule has 4 atom stereocenters. The predicted octanol–water partition coefficient (Wildman–Crippen LogP) is 2.95. The SMILES string of the molecule is O=C(OCc1ccco1)c1ccc(N2C(=O)[C@@H]3[C@@H](C2=O)[C@H]2C=C[C@@H]3C2)cc1. The Bertz CT molecular complexity index is 913. The molecule has 2 aromatic rings. The highest BCUT2D eigenvalue weighted by atomic mass is 16.5. The maximum absolute atomic E-state index is 12.8. The number of imide groups is 1. The third-order valence-corrected chi connectivity index (χ3v) is 5.76. The molecule has 2 aliphatic carbocycles. The topological polar surface area (TPSA) is 76.8 Å². The lowest BCUT2D eigenvalue weighted by molar-refractivity contribution is -0.123. The van der Waals surface area contributed by atoms with Gasteiger partial charge in [0, 0.05) is 0 Å². The van der Waals surface area contributed by atoms with Gasteiger partial charge >= 0.3 is 5.97 Å². The molecule has 5 rings (SSSR count). The summed E-state index contributed by atoms with van der Waals surface area (Å²) in [4.78, 5) is 39.0. The quantitative estimate of drug-likeness (QED) is 0.474. The van der Waals surface area contributed by atoms with Gasteiger partial charge in [-0.2, -0.15) is 0 Å². The van der Waals surface area contributed by atoms with E-state index in [0.717, 1.165) is 6.42 Å². The molecule has 27 heavy (non-hydrogen) atoms. The Labute approximate surface area is 155 Å². The molecule has 0 N–H and O–H groups in total. The molecular formula is C21H17NO5. The van der Waals surface area contributed by atoms with E-state index in [0.29, 0.717) is 17.0 Å². The summed E-state index contributed by atoms with van der Waals surface area (Å²) in [7, 11) is 0. The summed E-state index contributed by atoms with van der Waals surface area (Å²) in [5.74, 6) is -0.297. The van der Waals surface area contributed by atoms with Gasteiger partial charge in [-0.3, -0.25) is 14.5 Å². The van der Waals surface area contributed by atoms with Crippen molar-refractivity contribution in [2.24, 2.45) is 23.7 Å². The van der Waals surface area contributed by atoms with E-state index in [4.69, 9.17) is 9.15 Å². The second-order valence-electron chi connectivity index (χ2n) is 7.21. The van der Waals surface area contributed by atoms with Crippen molar-refractivity contribution in [2.75, 3.05) is 4.90 Å². The summed E-state index contributed by atoms with van der Waals surface area (Å²) in [6, 6.07) is 9.83. The van der Waals surface area contributed by atoms with E-state index >= 15 is 0 Å². The number of carbonyl (C=O) groups is 3. The van der Waals surface area contributed by atoms with Crippen molar-refractivity contribution in [2.45, 2.75) is 13.0 Å². The number of carbonyl (C=O) groups excluding carboxylic acids is 3. The Hall–Kier alpha value is -3.15. The van der Waals surface area contributed by atoms with Crippen LogP contribution in [0.1, 0.15) is 22.5 Å². The molecular weight excluding hydrogens is 346 g/mol. The van der Waals surface area contributed by atoms with E-state index < -0.39 is 5.97 Å². The molecule has 0 spiro atoms. The van der Waals surface area contributed by atoms with Crippen LogP contribution in [0.3, 0.4) is 0 Å². The number of benzene rings is 1. The molecule has 2 fully saturated rings. The third kappa shape index (κ3) is 2.44. The zero-order chi connectivity index (χ0) is 18.5. The van der Waals surface area contributed by atoms with Gasteiger partial charge in [-0.25, -0.2) is 4.79 Å². The molecule has 136 valence electrons. The zero-order valence-corrected chi connectivity index (χ0v) is 14.4. The van der Waals surface area contributed by atoms with Gasteiger partial charge < -0.3 is 9.15 Å². The summed E-state index contributed by atoms with van der Waals surface area (Å²) >= 11 is 0. The first-order valence-electron chi connectivity index (χ1n) is 8.99. The van der Waals surface area contributed by atoms with Crippen molar-refractivity contribution in [3.05, 3.63) is 66.1 Å². The molecule has 6 nitrogen and oxygen atoms in total. The van der Waals surface area contributed by atoms with E-state index in [-0.39, 0.29) is 42.1 Å². The molecule has 2 heterocycles. The summed E-state index contributed by atoms with van der Waals surface area (Å²) in [5, 5.41) is 0. The van der Waals surface area contributed by atoms with Crippen LogP contribution in [0.25, 0.3) is 0 Å². The molecule has 1 saturated heterocycles. The Morgan fingerprint density at radius 1 is 1.04 bits per heavy atom. The highest BCUT2D eigenvalue weighted by Crippen LogP contribution is 2.53. The molecule has 1 aromatic carbocycles. The first-order valence-corrected chi connectivity index (χ1v) is 8.99. The highest BCUT2D eigenvalue weighted by Gasteiger charge is 2.59. The number of nitrogens with zero attached hydrogens (tertiary/aromatic N) is 1. The number of fused-ring (bicyclic) bond motifs is 5. The number of allylic oxidation sites excluding steroid dienone is 2. The van der Waals surface area contributed by atoms with Gasteiger partial charge in [0.2, 0.25) is 11.8 Å². The maximum atomic E-state index is 12.8. The monoisotopic (exact) mass is 363 g/mol. The second-order valence-corrected chi connectivity index (χ2v) is 7.21. The van der Waals surface area contributed by atoms with E-state index in [1.165, 1.54) is 11.2 Å². The molecule has 1 aromatic heterocycles. The normalized spacial score (nSPS) is 28.1. The number of amides is 2. The summed E-state index contributed by atoms with van der Waals surface area (Å²) < 4.78 is 10.3. The first kappa shape index (κ1) is 16.1. The Morgan fingerprint density at radius 3 is 2.30 bits per heavy atom. The van der Waals surface area contributed by atoms with E-state index in [1.54, 1.807) is 36.4 Å². The number of esters is 1. The van der Waals surface area contributed by atoms with Gasteiger partial charge in [0.25, 0.3) is 0 Å². The van der Waals surface area contributed by atoms with Crippen molar-refractivity contribution in [1.82, 2.24) is 0 Å². The van der Waals surface area contributed by atoms with E-state index in [9.17, 15) is 14.4 Å². The number of furan rings is 1. The molecule has 0 unspecified atom stereocenters. The summed E-state index contributed by atoms with van der Waals surface area (Å²) in [6.45, 7) is 0.0514. The van der Waals surface area contributed by atoms with Gasteiger partial charge in [0.15, 0.2) is 0 Å². The van der Waals surface area contributed by atoms with Crippen LogP contribution < -0.4 is 4.90 Å². The minimum atomic E-state index is -0.490. The second kappa shape index (κ2) is 5.94. The lowest BCUT2D eigenvalue weighted by Crippen LogP contribution is -2.32. The highest BCUT2D eigenvalue weighted by molar-refractivity contribution is 6.22. The van der Waals surface area contributed by atoms with Gasteiger partial charge in [-0.1, -0.05) is 12.2 Å². The lowest BCUT2D eigenvalue weighted by atomic mass is 9.85. The third-order valence-electron chi connectivity index (χ3n) is 5.76. The molecule has 2 bridgehead atoms. The minimum Gasteiger partial charge on any atom is -0.466 e. The Kier molecular flexibility index (Phi) is 3.53. The Balaban J connectivity index is 1.31. The molecule has 1 aliphatic heterocycles. The van der Waals surface area contributed by atoms with Crippen LogP contribution in [0, 0.1) is 23.7 Å². The van der Waals surface area contributed by atoms with Gasteiger partial charge in [0.1, 0.15) is 12.4 Å². The van der Waals surface area contributed by atoms with Crippen LogP contribution >= 0.6 is 0 Å². The fourth-order valence-corrected chi connectivity index (χ4v) is 4.52. The molecule has 3 aliphatic rings. The van der Waals surface area contributed by atoms with Crippen molar-refractivity contribution >= 4 is 23.5 Å². The first-order chi connectivity index (χ1) is 13.1. The van der Waals surface area contributed by atoms with Gasteiger partial charge in [0.05, 0.1) is 29.3 Å². The van der Waals surface area contributed by atoms with Gasteiger partial charge in [-0.05, 0) is 54.7 Å². The van der Waals surface area contributed by atoms with Crippen molar-refractivity contribution in [1.29, 1.82) is 0 Å². The standard InChI is InChI=1S/C21H17NO5/c23-19-17-13-3-4-14(10-13)18(17)20(24)22(19)15-7-5-12(6-8-15)21(25)27-11-16-2-1-9-26-16/h1-9,13-14,17-18H,10-11H2/t13-,14+,17-,18-/m0/s1. The van der Waals surface area contributed by atoms with E-state index in [2.05, 4.69) is 12.2 Å². The number of hydrogen-bond acceptors (Lipinski definition) is 5. The number of anilines is 1. The average Bonchev–Trinajstić information content (AvgIpc) is 3.45. The molecule has 6 heteroatoms. The van der Waals surface area contributed by atoms with Gasteiger partial charge in [-0.15, -0.1) is 0 Å². The fourth-order valence-electron chi connectivity index (χ4n) is 4.52. The maximum Gasteiger partial charge on any atom is 0.338 e. The van der Waals surface area contributed by atoms with E-state index in [1.807, 2.05) is 0 Å². The number of hydrogen-bond donors (Lipinski definition) is 0. The van der Waals surface area contributed by atoms with Crippen molar-refractivity contribution in [3.8, 4) is 0 Å². The smallest absolute Gasteiger partial charge is 0.338 e. The molecule has 1 saturated carbocycles. The summed E-state index contributed by atoms with van der Waals surface area (Å²) in [6.07, 6.45) is 6.55. The van der Waals surface area contributed by atoms with Crippen molar-refractivity contribution < 1.29 is 23.5 Å². The van der Waals surface area contributed by atoms with Crippen LogP contribution in [-0.4, -0.2) is 17.8 Å². The minimum absolute atomic E-state index is 0.0514. The van der Waals surface area contributed by atoms with Crippen molar-refractivity contribution in [3.63, 3.8) is 0 Å². The number of ether oxygens (including phenoxy) is 1. The summed E-state index contributed by atoms with van der Waals surface area (Å²) in [5.41, 5.74) is 0.854.